The van der Waals surface area contributed by atoms with Crippen molar-refractivity contribution in [1.82, 2.24) is 5.32 Å². The van der Waals surface area contributed by atoms with Gasteiger partial charge in [0.2, 0.25) is 0 Å². The SMILES string of the molecule is CC(C)(C)OC(=O)N[C@@]12CCC[C@](C(=O)O)(CC1)C2. The van der Waals surface area contributed by atoms with E-state index in [9.17, 15) is 14.7 Å². The van der Waals surface area contributed by atoms with E-state index in [1.807, 2.05) is 20.8 Å². The van der Waals surface area contributed by atoms with Gasteiger partial charge in [0.05, 0.1) is 5.41 Å². The molecule has 2 N–H and O–H groups in total. The number of carbonyl (C=O) groups is 2. The minimum absolute atomic E-state index is 0.376. The van der Waals surface area contributed by atoms with Gasteiger partial charge >= 0.3 is 12.1 Å². The van der Waals surface area contributed by atoms with Gasteiger partial charge in [-0.2, -0.15) is 0 Å². The number of carboxylic acid groups (broad SMARTS) is 1. The molecule has 0 aromatic carbocycles. The number of hydrogen-bond donors (Lipinski definition) is 2. The molecule has 0 aromatic heterocycles. The first kappa shape index (κ1) is 14.2. The Morgan fingerprint density at radius 1 is 1.16 bits per heavy atom. The van der Waals surface area contributed by atoms with Gasteiger partial charge < -0.3 is 15.2 Å². The fourth-order valence-corrected chi connectivity index (χ4v) is 3.47. The molecule has 2 aliphatic carbocycles. The van der Waals surface area contributed by atoms with Gasteiger partial charge in [0.25, 0.3) is 0 Å². The summed E-state index contributed by atoms with van der Waals surface area (Å²) in [5, 5.41) is 12.3. The molecule has 2 rings (SSSR count). The van der Waals surface area contributed by atoms with Crippen LogP contribution in [0.5, 0.6) is 0 Å². The number of alkyl carbamates (subject to hydrolysis) is 1. The molecular weight excluding hydrogens is 246 g/mol. The molecule has 1 amide bonds. The summed E-state index contributed by atoms with van der Waals surface area (Å²) in [5.41, 5.74) is -1.54. The molecule has 0 saturated heterocycles. The number of rotatable bonds is 2. The van der Waals surface area contributed by atoms with E-state index in [2.05, 4.69) is 5.32 Å². The third kappa shape index (κ3) is 2.85. The monoisotopic (exact) mass is 269 g/mol. The number of hydrogen-bond acceptors (Lipinski definition) is 3. The summed E-state index contributed by atoms with van der Waals surface area (Å²) >= 11 is 0. The molecule has 0 aliphatic heterocycles. The van der Waals surface area contributed by atoms with Gasteiger partial charge in [-0.1, -0.05) is 0 Å². The Kier molecular flexibility index (Phi) is 3.27. The van der Waals surface area contributed by atoms with E-state index in [1.54, 1.807) is 0 Å². The Bertz CT molecular complexity index is 401. The summed E-state index contributed by atoms with van der Waals surface area (Å²) in [6.07, 6.45) is 3.91. The van der Waals surface area contributed by atoms with Crippen molar-refractivity contribution < 1.29 is 19.4 Å². The highest BCUT2D eigenvalue weighted by atomic mass is 16.6. The second-order valence-corrected chi connectivity index (χ2v) is 7.02. The van der Waals surface area contributed by atoms with Gasteiger partial charge in [-0.25, -0.2) is 4.79 Å². The zero-order valence-electron chi connectivity index (χ0n) is 11.9. The van der Waals surface area contributed by atoms with Crippen molar-refractivity contribution in [2.24, 2.45) is 5.41 Å². The molecule has 5 heteroatoms. The van der Waals surface area contributed by atoms with E-state index >= 15 is 0 Å². The number of fused-ring (bicyclic) bond motifs is 2. The average molecular weight is 269 g/mol. The first-order chi connectivity index (χ1) is 8.67. The fraction of sp³-hybridized carbons (Fsp3) is 0.857. The predicted molar refractivity (Wildman–Crippen MR) is 69.9 cm³/mol. The smallest absolute Gasteiger partial charge is 0.408 e. The Labute approximate surface area is 113 Å². The summed E-state index contributed by atoms with van der Waals surface area (Å²) < 4.78 is 5.28. The predicted octanol–water partition coefficient (Wildman–Crippen LogP) is 2.69. The Morgan fingerprint density at radius 3 is 2.42 bits per heavy atom. The zero-order chi connectivity index (χ0) is 14.3. The molecule has 0 aromatic rings. The van der Waals surface area contributed by atoms with Crippen molar-refractivity contribution in [2.75, 3.05) is 0 Å². The molecule has 5 nitrogen and oxygen atoms in total. The van der Waals surface area contributed by atoms with Crippen LogP contribution in [0, 0.1) is 5.41 Å². The third-order valence-corrected chi connectivity index (χ3v) is 4.29. The summed E-state index contributed by atoms with van der Waals surface area (Å²) in [4.78, 5) is 23.3. The lowest BCUT2D eigenvalue weighted by Crippen LogP contribution is -2.51. The lowest BCUT2D eigenvalue weighted by Gasteiger charge is -2.38. The standard InChI is InChI=1S/C14H23NO4/c1-12(2,3)19-11(18)15-14-6-4-5-13(9-14,7-8-14)10(16)17/h4-9H2,1-3H3,(H,15,18)(H,16,17)/t13-,14-/m0/s1. The van der Waals surface area contributed by atoms with Crippen molar-refractivity contribution in [3.63, 3.8) is 0 Å². The summed E-state index contributed by atoms with van der Waals surface area (Å²) in [6, 6.07) is 0. The average Bonchev–Trinajstić information content (AvgIpc) is 2.48. The van der Waals surface area contributed by atoms with Crippen LogP contribution < -0.4 is 5.32 Å². The van der Waals surface area contributed by atoms with Crippen molar-refractivity contribution in [3.05, 3.63) is 0 Å². The van der Waals surface area contributed by atoms with Crippen LogP contribution in [-0.4, -0.2) is 28.3 Å². The molecule has 2 bridgehead atoms. The van der Waals surface area contributed by atoms with Crippen LogP contribution in [0.2, 0.25) is 0 Å². The summed E-state index contributed by atoms with van der Waals surface area (Å²) in [5.74, 6) is -0.722. The molecular formula is C14H23NO4. The zero-order valence-corrected chi connectivity index (χ0v) is 11.9. The largest absolute Gasteiger partial charge is 0.481 e. The van der Waals surface area contributed by atoms with Crippen LogP contribution in [0.15, 0.2) is 0 Å². The van der Waals surface area contributed by atoms with E-state index in [1.165, 1.54) is 0 Å². The molecule has 0 heterocycles. The minimum Gasteiger partial charge on any atom is -0.481 e. The maximum absolute atomic E-state index is 11.9. The maximum atomic E-state index is 11.9. The number of ether oxygens (including phenoxy) is 1. The molecule has 2 atom stereocenters. The highest BCUT2D eigenvalue weighted by Crippen LogP contribution is 2.53. The molecule has 2 aliphatic rings. The molecule has 0 radical (unpaired) electrons. The van der Waals surface area contributed by atoms with Gasteiger partial charge in [-0.15, -0.1) is 0 Å². The van der Waals surface area contributed by atoms with Gasteiger partial charge in [-0.05, 0) is 59.3 Å². The molecule has 19 heavy (non-hydrogen) atoms. The quantitative estimate of drug-likeness (QED) is 0.808. The molecule has 0 unspecified atom stereocenters. The second kappa shape index (κ2) is 4.39. The highest BCUT2D eigenvalue weighted by molar-refractivity contribution is 5.76. The van der Waals surface area contributed by atoms with E-state index in [0.717, 1.165) is 25.7 Å². The van der Waals surface area contributed by atoms with E-state index in [-0.39, 0.29) is 5.54 Å². The van der Waals surface area contributed by atoms with E-state index in [4.69, 9.17) is 4.74 Å². The normalized spacial score (nSPS) is 33.8. The lowest BCUT2D eigenvalue weighted by molar-refractivity contribution is -0.150. The molecule has 108 valence electrons. The Hall–Kier alpha value is -1.26. The van der Waals surface area contributed by atoms with Crippen molar-refractivity contribution >= 4 is 12.1 Å². The Balaban J connectivity index is 2.05. The van der Waals surface area contributed by atoms with Crippen molar-refractivity contribution in [3.8, 4) is 0 Å². The number of carbonyl (C=O) groups excluding carboxylic acids is 1. The fourth-order valence-electron chi connectivity index (χ4n) is 3.47. The number of amides is 1. The summed E-state index contributed by atoms with van der Waals surface area (Å²) in [6.45, 7) is 5.46. The van der Waals surface area contributed by atoms with Crippen LogP contribution in [0.25, 0.3) is 0 Å². The Morgan fingerprint density at radius 2 is 1.84 bits per heavy atom. The molecule has 0 spiro atoms. The number of aliphatic carboxylic acids is 1. The third-order valence-electron chi connectivity index (χ3n) is 4.29. The minimum atomic E-state index is -0.722. The van der Waals surface area contributed by atoms with Crippen LogP contribution >= 0.6 is 0 Å². The van der Waals surface area contributed by atoms with Crippen LogP contribution in [0.3, 0.4) is 0 Å². The second-order valence-electron chi connectivity index (χ2n) is 7.02. The highest BCUT2D eigenvalue weighted by Gasteiger charge is 2.55. The van der Waals surface area contributed by atoms with Crippen LogP contribution in [0.1, 0.15) is 59.3 Å². The number of carboxylic acids is 1. The molecule has 2 fully saturated rings. The topological polar surface area (TPSA) is 75.6 Å². The van der Waals surface area contributed by atoms with Crippen LogP contribution in [0.4, 0.5) is 4.79 Å². The van der Waals surface area contributed by atoms with Gasteiger partial charge in [0.15, 0.2) is 0 Å². The summed E-state index contributed by atoms with van der Waals surface area (Å²) in [7, 11) is 0. The lowest BCUT2D eigenvalue weighted by atomic mass is 9.73. The first-order valence-corrected chi connectivity index (χ1v) is 6.91. The van der Waals surface area contributed by atoms with Crippen molar-refractivity contribution in [1.29, 1.82) is 0 Å². The van der Waals surface area contributed by atoms with E-state index < -0.39 is 23.1 Å². The number of nitrogens with one attached hydrogen (secondary N) is 1. The maximum Gasteiger partial charge on any atom is 0.408 e. The van der Waals surface area contributed by atoms with Gasteiger partial charge in [-0.3, -0.25) is 4.79 Å². The van der Waals surface area contributed by atoms with E-state index in [0.29, 0.717) is 12.8 Å². The van der Waals surface area contributed by atoms with Crippen molar-refractivity contribution in [2.45, 2.75) is 70.4 Å². The van der Waals surface area contributed by atoms with Gasteiger partial charge in [0.1, 0.15) is 5.60 Å². The van der Waals surface area contributed by atoms with Gasteiger partial charge in [0, 0.05) is 5.54 Å². The first-order valence-electron chi connectivity index (χ1n) is 6.91. The molecule has 2 saturated carbocycles. The van der Waals surface area contributed by atoms with Crippen LogP contribution in [-0.2, 0) is 9.53 Å².